The summed E-state index contributed by atoms with van der Waals surface area (Å²) in [7, 11) is 0. The molecular formula is C10H14N2O2. The lowest BCUT2D eigenvalue weighted by molar-refractivity contribution is 0.0696. The van der Waals surface area contributed by atoms with Gasteiger partial charge in [-0.25, -0.2) is 4.79 Å². The molecule has 2 rings (SSSR count). The summed E-state index contributed by atoms with van der Waals surface area (Å²) in [4.78, 5) is 10.8. The molecule has 0 aromatic carbocycles. The van der Waals surface area contributed by atoms with Gasteiger partial charge in [0.05, 0.1) is 11.7 Å². The number of aromatic nitrogens is 2. The van der Waals surface area contributed by atoms with Crippen molar-refractivity contribution in [3.8, 4) is 0 Å². The van der Waals surface area contributed by atoms with Crippen molar-refractivity contribution in [3.05, 3.63) is 17.5 Å². The zero-order valence-corrected chi connectivity index (χ0v) is 8.23. The smallest absolute Gasteiger partial charge is 0.339 e. The van der Waals surface area contributed by atoms with Crippen molar-refractivity contribution in [2.24, 2.45) is 0 Å². The Morgan fingerprint density at radius 3 is 2.71 bits per heavy atom. The second-order valence-electron chi connectivity index (χ2n) is 3.85. The first kappa shape index (κ1) is 9.24. The number of rotatable bonds is 2. The van der Waals surface area contributed by atoms with Gasteiger partial charge in [-0.1, -0.05) is 12.8 Å². The van der Waals surface area contributed by atoms with Crippen molar-refractivity contribution in [3.63, 3.8) is 0 Å². The standard InChI is InChI=1S/C10H14N2O2/c1-7-9(10(13)14)6-12(11-7)8-4-2-3-5-8/h6,8H,2-5H2,1H3,(H,13,14). The van der Waals surface area contributed by atoms with E-state index in [0.717, 1.165) is 12.8 Å². The van der Waals surface area contributed by atoms with E-state index in [-0.39, 0.29) is 0 Å². The molecule has 0 spiro atoms. The predicted octanol–water partition coefficient (Wildman–Crippen LogP) is 2.00. The third-order valence-corrected chi connectivity index (χ3v) is 2.85. The lowest BCUT2D eigenvalue weighted by Crippen LogP contribution is -2.05. The van der Waals surface area contributed by atoms with E-state index in [9.17, 15) is 4.79 Å². The Labute approximate surface area is 82.5 Å². The molecule has 4 heteroatoms. The summed E-state index contributed by atoms with van der Waals surface area (Å²) in [5, 5.41) is 13.1. The van der Waals surface area contributed by atoms with Crippen LogP contribution in [0.5, 0.6) is 0 Å². The van der Waals surface area contributed by atoms with Crippen LogP contribution in [0.3, 0.4) is 0 Å². The molecule has 4 nitrogen and oxygen atoms in total. The number of aromatic carboxylic acids is 1. The van der Waals surface area contributed by atoms with Crippen molar-refractivity contribution >= 4 is 5.97 Å². The maximum Gasteiger partial charge on any atom is 0.339 e. The van der Waals surface area contributed by atoms with Crippen LogP contribution in [0.4, 0.5) is 0 Å². The molecule has 1 aromatic heterocycles. The summed E-state index contributed by atoms with van der Waals surface area (Å²) in [6.45, 7) is 1.74. The Hall–Kier alpha value is -1.32. The first-order valence-corrected chi connectivity index (χ1v) is 4.97. The highest BCUT2D eigenvalue weighted by Gasteiger charge is 2.20. The topological polar surface area (TPSA) is 55.1 Å². The van der Waals surface area contributed by atoms with Crippen LogP contribution in [-0.4, -0.2) is 20.9 Å². The van der Waals surface area contributed by atoms with Crippen molar-refractivity contribution < 1.29 is 9.90 Å². The van der Waals surface area contributed by atoms with E-state index in [1.165, 1.54) is 12.8 Å². The number of hydrogen-bond acceptors (Lipinski definition) is 2. The van der Waals surface area contributed by atoms with E-state index in [2.05, 4.69) is 5.10 Å². The highest BCUT2D eigenvalue weighted by Crippen LogP contribution is 2.29. The maximum absolute atomic E-state index is 10.8. The summed E-state index contributed by atoms with van der Waals surface area (Å²) in [5.74, 6) is -0.883. The van der Waals surface area contributed by atoms with E-state index < -0.39 is 5.97 Å². The van der Waals surface area contributed by atoms with Gasteiger partial charge in [0.15, 0.2) is 0 Å². The molecule has 76 valence electrons. The minimum atomic E-state index is -0.883. The van der Waals surface area contributed by atoms with E-state index in [1.807, 2.05) is 4.68 Å². The van der Waals surface area contributed by atoms with E-state index in [0.29, 0.717) is 17.3 Å². The van der Waals surface area contributed by atoms with Crippen molar-refractivity contribution in [1.29, 1.82) is 0 Å². The van der Waals surface area contributed by atoms with Gasteiger partial charge < -0.3 is 5.11 Å². The molecule has 0 aliphatic heterocycles. The zero-order chi connectivity index (χ0) is 10.1. The van der Waals surface area contributed by atoms with E-state index >= 15 is 0 Å². The van der Waals surface area contributed by atoms with Gasteiger partial charge in [-0.15, -0.1) is 0 Å². The number of carbonyl (C=O) groups is 1. The summed E-state index contributed by atoms with van der Waals surface area (Å²) < 4.78 is 1.83. The van der Waals surface area contributed by atoms with Crippen LogP contribution < -0.4 is 0 Å². The molecule has 1 heterocycles. The molecule has 1 N–H and O–H groups in total. The van der Waals surface area contributed by atoms with Crippen LogP contribution in [0, 0.1) is 6.92 Å². The van der Waals surface area contributed by atoms with Crippen molar-refractivity contribution in [2.75, 3.05) is 0 Å². The second-order valence-corrected chi connectivity index (χ2v) is 3.85. The molecule has 0 unspecified atom stereocenters. The lowest BCUT2D eigenvalue weighted by Gasteiger charge is -2.08. The fourth-order valence-electron chi connectivity index (χ4n) is 2.05. The normalized spacial score (nSPS) is 17.5. The third kappa shape index (κ3) is 1.52. The van der Waals surface area contributed by atoms with Gasteiger partial charge in [0.1, 0.15) is 5.56 Å². The quantitative estimate of drug-likeness (QED) is 0.783. The van der Waals surface area contributed by atoms with Gasteiger partial charge in [-0.05, 0) is 19.8 Å². The van der Waals surface area contributed by atoms with Gasteiger partial charge in [-0.2, -0.15) is 5.10 Å². The van der Waals surface area contributed by atoms with Crippen LogP contribution in [0.15, 0.2) is 6.20 Å². The highest BCUT2D eigenvalue weighted by atomic mass is 16.4. The number of aryl methyl sites for hydroxylation is 1. The Balaban J connectivity index is 2.27. The molecule has 0 bridgehead atoms. The fourth-order valence-corrected chi connectivity index (χ4v) is 2.05. The van der Waals surface area contributed by atoms with Crippen LogP contribution in [0.1, 0.15) is 47.8 Å². The maximum atomic E-state index is 10.8. The van der Waals surface area contributed by atoms with Gasteiger partial charge in [0.2, 0.25) is 0 Å². The molecule has 0 atom stereocenters. The summed E-state index contributed by atoms with van der Waals surface area (Å²) >= 11 is 0. The number of carboxylic acids is 1. The van der Waals surface area contributed by atoms with Gasteiger partial charge in [-0.3, -0.25) is 4.68 Å². The van der Waals surface area contributed by atoms with Crippen LogP contribution in [-0.2, 0) is 0 Å². The zero-order valence-electron chi connectivity index (χ0n) is 8.23. The molecule has 0 saturated heterocycles. The first-order valence-electron chi connectivity index (χ1n) is 4.97. The Morgan fingerprint density at radius 2 is 2.21 bits per heavy atom. The first-order chi connectivity index (χ1) is 6.68. The van der Waals surface area contributed by atoms with Crippen molar-refractivity contribution in [1.82, 2.24) is 9.78 Å². The molecular weight excluding hydrogens is 180 g/mol. The minimum absolute atomic E-state index is 0.330. The van der Waals surface area contributed by atoms with Crippen LogP contribution >= 0.6 is 0 Å². The summed E-state index contributed by atoms with van der Waals surface area (Å²) in [6.07, 6.45) is 6.37. The summed E-state index contributed by atoms with van der Waals surface area (Å²) in [6, 6.07) is 0.418. The van der Waals surface area contributed by atoms with E-state index in [4.69, 9.17) is 5.11 Å². The van der Waals surface area contributed by atoms with Crippen LogP contribution in [0.25, 0.3) is 0 Å². The van der Waals surface area contributed by atoms with Gasteiger partial charge >= 0.3 is 5.97 Å². The average molecular weight is 194 g/mol. The molecule has 1 aliphatic carbocycles. The highest BCUT2D eigenvalue weighted by molar-refractivity contribution is 5.88. The third-order valence-electron chi connectivity index (χ3n) is 2.85. The molecule has 1 aliphatic rings. The molecule has 1 fully saturated rings. The monoisotopic (exact) mass is 194 g/mol. The molecule has 0 amide bonds. The van der Waals surface area contributed by atoms with Gasteiger partial charge in [0.25, 0.3) is 0 Å². The Kier molecular flexibility index (Phi) is 2.27. The van der Waals surface area contributed by atoms with Gasteiger partial charge in [0, 0.05) is 6.20 Å². The summed E-state index contributed by atoms with van der Waals surface area (Å²) in [5.41, 5.74) is 0.946. The predicted molar refractivity (Wildman–Crippen MR) is 51.4 cm³/mol. The number of nitrogens with zero attached hydrogens (tertiary/aromatic N) is 2. The minimum Gasteiger partial charge on any atom is -0.478 e. The Morgan fingerprint density at radius 1 is 1.57 bits per heavy atom. The molecule has 0 radical (unpaired) electrons. The molecule has 14 heavy (non-hydrogen) atoms. The van der Waals surface area contributed by atoms with Crippen molar-refractivity contribution in [2.45, 2.75) is 38.6 Å². The average Bonchev–Trinajstić information content (AvgIpc) is 2.70. The number of hydrogen-bond donors (Lipinski definition) is 1. The SMILES string of the molecule is Cc1nn(C2CCCC2)cc1C(=O)O. The fraction of sp³-hybridized carbons (Fsp3) is 0.600. The Bertz CT molecular complexity index is 351. The lowest BCUT2D eigenvalue weighted by atomic mass is 10.2. The molecule has 1 saturated carbocycles. The number of carboxylic acid groups (broad SMARTS) is 1. The molecule has 1 aromatic rings. The largest absolute Gasteiger partial charge is 0.478 e. The second kappa shape index (κ2) is 3.44. The van der Waals surface area contributed by atoms with E-state index in [1.54, 1.807) is 13.1 Å². The van der Waals surface area contributed by atoms with Crippen LogP contribution in [0.2, 0.25) is 0 Å².